The molecule has 3 nitrogen and oxygen atoms in total. The average molecular weight is 499 g/mol. The van der Waals surface area contributed by atoms with Crippen LogP contribution in [0.2, 0.25) is 0 Å². The van der Waals surface area contributed by atoms with E-state index < -0.39 is 0 Å². The summed E-state index contributed by atoms with van der Waals surface area (Å²) in [7, 11) is 0. The summed E-state index contributed by atoms with van der Waals surface area (Å²) in [6.07, 6.45) is 10.7. The van der Waals surface area contributed by atoms with E-state index in [2.05, 4.69) is 89.2 Å². The van der Waals surface area contributed by atoms with Gasteiger partial charge in [-0.3, -0.25) is 9.78 Å². The highest BCUT2D eigenvalue weighted by atomic mass is 16.1. The third-order valence-corrected chi connectivity index (χ3v) is 8.63. The Hall–Kier alpha value is -3.98. The second-order valence-electron chi connectivity index (χ2n) is 10.9. The highest BCUT2D eigenvalue weighted by molar-refractivity contribution is 6.04. The molecule has 0 aliphatic heterocycles. The Kier molecular flexibility index (Phi) is 6.68. The third kappa shape index (κ3) is 4.69. The Labute approximate surface area is 225 Å². The Morgan fingerprint density at radius 1 is 0.974 bits per heavy atom. The van der Waals surface area contributed by atoms with Crippen molar-refractivity contribution in [3.63, 3.8) is 0 Å². The minimum absolute atomic E-state index is 0.0282. The van der Waals surface area contributed by atoms with Gasteiger partial charge in [0.2, 0.25) is 0 Å². The normalized spacial score (nSPS) is 20.4. The molecule has 1 heterocycles. The van der Waals surface area contributed by atoms with Gasteiger partial charge < -0.3 is 5.32 Å². The van der Waals surface area contributed by atoms with Gasteiger partial charge in [0.1, 0.15) is 0 Å². The van der Waals surface area contributed by atoms with E-state index in [0.717, 1.165) is 49.0 Å². The second-order valence-corrected chi connectivity index (χ2v) is 10.9. The summed E-state index contributed by atoms with van der Waals surface area (Å²) in [5, 5.41) is 3.07. The van der Waals surface area contributed by atoms with Gasteiger partial charge in [0.25, 0.3) is 5.91 Å². The van der Waals surface area contributed by atoms with Gasteiger partial charge in [-0.05, 0) is 103 Å². The number of benzene rings is 3. The first-order chi connectivity index (χ1) is 18.6. The fraction of sp³-hybridized carbons (Fsp3) is 0.257. The molecule has 1 amide bonds. The summed E-state index contributed by atoms with van der Waals surface area (Å²) >= 11 is 0. The molecule has 1 N–H and O–H groups in total. The van der Waals surface area contributed by atoms with Gasteiger partial charge >= 0.3 is 0 Å². The molecular formula is C35H34N2O. The van der Waals surface area contributed by atoms with Crippen LogP contribution in [0.5, 0.6) is 0 Å². The quantitative estimate of drug-likeness (QED) is 0.303. The number of fused-ring (bicyclic) bond motifs is 3. The molecule has 3 aromatic carbocycles. The number of nitrogens with zero attached hydrogens (tertiary/aromatic N) is 1. The Bertz CT molecular complexity index is 1470. The van der Waals surface area contributed by atoms with Crippen molar-refractivity contribution in [1.29, 1.82) is 0 Å². The number of hydrogen-bond acceptors (Lipinski definition) is 2. The molecule has 4 aromatic rings. The van der Waals surface area contributed by atoms with E-state index in [1.807, 2.05) is 25.1 Å². The predicted octanol–water partition coefficient (Wildman–Crippen LogP) is 7.95. The van der Waals surface area contributed by atoms with Crippen LogP contribution in [-0.4, -0.2) is 10.9 Å². The Morgan fingerprint density at radius 3 is 2.55 bits per heavy atom. The molecule has 0 fully saturated rings. The molecule has 0 saturated heterocycles. The maximum Gasteiger partial charge on any atom is 0.255 e. The van der Waals surface area contributed by atoms with Crippen molar-refractivity contribution >= 4 is 17.2 Å². The van der Waals surface area contributed by atoms with Crippen molar-refractivity contribution in [2.75, 3.05) is 5.32 Å². The zero-order chi connectivity index (χ0) is 26.0. The van der Waals surface area contributed by atoms with Crippen LogP contribution >= 0.6 is 0 Å². The highest BCUT2D eigenvalue weighted by Crippen LogP contribution is 2.52. The van der Waals surface area contributed by atoms with Crippen molar-refractivity contribution in [2.24, 2.45) is 5.92 Å². The number of aromatic nitrogens is 1. The maximum atomic E-state index is 13.2. The lowest BCUT2D eigenvalue weighted by atomic mass is 9.59. The molecular weight excluding hydrogens is 464 g/mol. The third-order valence-electron chi connectivity index (χ3n) is 8.63. The zero-order valence-electron chi connectivity index (χ0n) is 22.0. The number of carbonyl (C=O) groups excluding carboxylic acids is 1. The fourth-order valence-corrected chi connectivity index (χ4v) is 6.66. The Morgan fingerprint density at radius 2 is 1.76 bits per heavy atom. The number of carbonyl (C=O) groups is 1. The molecule has 0 radical (unpaired) electrons. The van der Waals surface area contributed by atoms with Gasteiger partial charge in [0, 0.05) is 17.2 Å². The molecule has 0 unspecified atom stereocenters. The fourth-order valence-electron chi connectivity index (χ4n) is 6.66. The first kappa shape index (κ1) is 24.4. The maximum absolute atomic E-state index is 13.2. The molecule has 2 atom stereocenters. The van der Waals surface area contributed by atoms with E-state index in [1.54, 1.807) is 6.20 Å². The second kappa shape index (κ2) is 10.4. The van der Waals surface area contributed by atoms with Crippen LogP contribution in [-0.2, 0) is 18.3 Å². The number of pyridine rings is 1. The lowest BCUT2D eigenvalue weighted by Gasteiger charge is -2.45. The van der Waals surface area contributed by atoms with Crippen molar-refractivity contribution in [2.45, 2.75) is 50.9 Å². The van der Waals surface area contributed by atoms with E-state index in [4.69, 9.17) is 0 Å². The summed E-state index contributed by atoms with van der Waals surface area (Å²) in [5.41, 5.74) is 9.31. The van der Waals surface area contributed by atoms with Gasteiger partial charge in [0.05, 0.1) is 11.4 Å². The van der Waals surface area contributed by atoms with Crippen LogP contribution in [0.15, 0.2) is 103 Å². The smallest absolute Gasteiger partial charge is 0.255 e. The van der Waals surface area contributed by atoms with E-state index >= 15 is 0 Å². The molecule has 2 aliphatic carbocycles. The first-order valence-corrected chi connectivity index (χ1v) is 13.8. The number of anilines is 1. The molecule has 0 bridgehead atoms. The predicted molar refractivity (Wildman–Crippen MR) is 155 cm³/mol. The number of hydrogen-bond donors (Lipinski definition) is 1. The van der Waals surface area contributed by atoms with Gasteiger partial charge in [-0.2, -0.15) is 0 Å². The average Bonchev–Trinajstić information content (AvgIpc) is 3.11. The van der Waals surface area contributed by atoms with E-state index in [9.17, 15) is 4.79 Å². The van der Waals surface area contributed by atoms with Gasteiger partial charge in [0.15, 0.2) is 0 Å². The topological polar surface area (TPSA) is 42.0 Å². The Balaban J connectivity index is 1.39. The number of rotatable bonds is 5. The molecule has 3 heteroatoms. The van der Waals surface area contributed by atoms with Gasteiger partial charge in [-0.25, -0.2) is 0 Å². The number of allylic oxidation sites excluding steroid dienone is 2. The minimum Gasteiger partial charge on any atom is -0.320 e. The SMILES string of the molecule is Cc1ncccc1NC(=O)c1ccc2c(c1)CCC[C@H]1CC(c3ccccc3)=CC[C@@]21Cc1ccccc1. The lowest BCUT2D eigenvalue weighted by molar-refractivity contribution is 0.102. The minimum atomic E-state index is -0.0725. The summed E-state index contributed by atoms with van der Waals surface area (Å²) in [4.78, 5) is 17.6. The van der Waals surface area contributed by atoms with Crippen molar-refractivity contribution in [1.82, 2.24) is 4.98 Å². The molecule has 2 aliphatic rings. The van der Waals surface area contributed by atoms with Crippen LogP contribution in [0.3, 0.4) is 0 Å². The van der Waals surface area contributed by atoms with Crippen molar-refractivity contribution in [3.05, 3.63) is 137 Å². The highest BCUT2D eigenvalue weighted by Gasteiger charge is 2.44. The largest absolute Gasteiger partial charge is 0.320 e. The number of nitrogens with one attached hydrogen (secondary N) is 1. The molecule has 190 valence electrons. The summed E-state index contributed by atoms with van der Waals surface area (Å²) in [5.74, 6) is 0.485. The molecule has 1 aromatic heterocycles. The summed E-state index contributed by atoms with van der Waals surface area (Å²) in [6.45, 7) is 1.92. The molecule has 0 saturated carbocycles. The van der Waals surface area contributed by atoms with Crippen LogP contribution in [0.25, 0.3) is 5.57 Å². The molecule has 0 spiro atoms. The van der Waals surface area contributed by atoms with Crippen molar-refractivity contribution < 1.29 is 4.79 Å². The molecule has 6 rings (SSSR count). The molecule has 38 heavy (non-hydrogen) atoms. The van der Waals surface area contributed by atoms with E-state index in [-0.39, 0.29) is 11.3 Å². The monoisotopic (exact) mass is 498 g/mol. The van der Waals surface area contributed by atoms with Crippen LogP contribution in [0, 0.1) is 12.8 Å². The summed E-state index contributed by atoms with van der Waals surface area (Å²) in [6, 6.07) is 32.0. The summed E-state index contributed by atoms with van der Waals surface area (Å²) < 4.78 is 0. The van der Waals surface area contributed by atoms with E-state index in [0.29, 0.717) is 5.92 Å². The number of aryl methyl sites for hydroxylation is 2. The van der Waals surface area contributed by atoms with Crippen LogP contribution in [0.4, 0.5) is 5.69 Å². The van der Waals surface area contributed by atoms with Gasteiger partial charge in [-0.15, -0.1) is 0 Å². The van der Waals surface area contributed by atoms with Crippen molar-refractivity contribution in [3.8, 4) is 0 Å². The van der Waals surface area contributed by atoms with Crippen LogP contribution < -0.4 is 5.32 Å². The first-order valence-electron chi connectivity index (χ1n) is 13.8. The van der Waals surface area contributed by atoms with E-state index in [1.165, 1.54) is 34.2 Å². The standard InChI is InChI=1S/C35H34N2O/c1-25-33(16-9-21-36-25)37-34(38)30-17-18-32-29(22-30)14-8-15-31-23-28(27-12-6-3-7-13-27)19-20-35(31,32)24-26-10-4-2-5-11-26/h2-7,9-13,16-19,21-22,31H,8,14-15,20,23-24H2,1H3,(H,37,38)/t31-,35-/m0/s1. The van der Waals surface area contributed by atoms with Crippen LogP contribution in [0.1, 0.15) is 64.0 Å². The number of amides is 1. The zero-order valence-corrected chi connectivity index (χ0v) is 22.0. The van der Waals surface area contributed by atoms with Gasteiger partial charge in [-0.1, -0.05) is 72.8 Å². The lowest BCUT2D eigenvalue weighted by Crippen LogP contribution is -2.39.